The van der Waals surface area contributed by atoms with Gasteiger partial charge >= 0.3 is 0 Å². The van der Waals surface area contributed by atoms with Crippen molar-refractivity contribution in [2.75, 3.05) is 18.9 Å². The summed E-state index contributed by atoms with van der Waals surface area (Å²) in [4.78, 5) is 18.7. The zero-order valence-corrected chi connectivity index (χ0v) is 15.4. The molecule has 7 heteroatoms. The van der Waals surface area contributed by atoms with Crippen molar-refractivity contribution in [3.05, 3.63) is 52.0 Å². The fourth-order valence-electron chi connectivity index (χ4n) is 2.31. The van der Waals surface area contributed by atoms with Gasteiger partial charge in [-0.05, 0) is 44.2 Å². The molecule has 1 amide bonds. The van der Waals surface area contributed by atoms with Gasteiger partial charge in [-0.1, -0.05) is 6.07 Å². The van der Waals surface area contributed by atoms with Crippen molar-refractivity contribution < 1.29 is 9.18 Å². The first-order valence-electron chi connectivity index (χ1n) is 8.04. The number of hydrogen-bond acceptors (Lipinski definition) is 3. The van der Waals surface area contributed by atoms with Crippen LogP contribution < -0.4 is 16.0 Å². The third-order valence-electron chi connectivity index (χ3n) is 3.43. The molecule has 0 saturated heterocycles. The molecule has 3 N–H and O–H groups in total. The van der Waals surface area contributed by atoms with Crippen LogP contribution in [0.2, 0.25) is 0 Å². The maximum absolute atomic E-state index is 13.1. The van der Waals surface area contributed by atoms with Gasteiger partial charge in [0.15, 0.2) is 5.96 Å². The van der Waals surface area contributed by atoms with Crippen LogP contribution in [-0.2, 0) is 11.2 Å². The molecule has 0 saturated carbocycles. The summed E-state index contributed by atoms with van der Waals surface area (Å²) in [5.74, 6) is -0.105. The van der Waals surface area contributed by atoms with Crippen LogP contribution in [0.5, 0.6) is 0 Å². The summed E-state index contributed by atoms with van der Waals surface area (Å²) in [6, 6.07) is 10.2. The van der Waals surface area contributed by atoms with Gasteiger partial charge in [0.25, 0.3) is 0 Å². The SMILES string of the molecule is CN=C(NCC(=O)Nc1cccc(F)c1)NC(C)Cc1ccc(C)s1. The Hall–Kier alpha value is -2.41. The van der Waals surface area contributed by atoms with Gasteiger partial charge in [0.1, 0.15) is 5.82 Å². The molecule has 134 valence electrons. The summed E-state index contributed by atoms with van der Waals surface area (Å²) in [5.41, 5.74) is 0.427. The molecule has 0 bridgehead atoms. The standard InChI is InChI=1S/C18H23FN4OS/c1-12(9-16-8-7-13(2)25-16)22-18(20-3)21-11-17(24)23-15-6-4-5-14(19)10-15/h4-8,10,12H,9,11H2,1-3H3,(H,23,24)(H2,20,21,22). The zero-order valence-electron chi connectivity index (χ0n) is 14.6. The van der Waals surface area contributed by atoms with E-state index in [1.54, 1.807) is 30.5 Å². The second-order valence-corrected chi connectivity index (χ2v) is 7.12. The third kappa shape index (κ3) is 6.54. The van der Waals surface area contributed by atoms with Gasteiger partial charge in [0.05, 0.1) is 6.54 Å². The maximum Gasteiger partial charge on any atom is 0.243 e. The van der Waals surface area contributed by atoms with Crippen molar-refractivity contribution in [3.8, 4) is 0 Å². The lowest BCUT2D eigenvalue weighted by molar-refractivity contribution is -0.115. The summed E-state index contributed by atoms with van der Waals surface area (Å²) >= 11 is 1.78. The number of rotatable bonds is 6. The van der Waals surface area contributed by atoms with Crippen LogP contribution >= 0.6 is 11.3 Å². The van der Waals surface area contributed by atoms with Gasteiger partial charge in [0, 0.05) is 35.0 Å². The number of anilines is 1. The summed E-state index contributed by atoms with van der Waals surface area (Å²) < 4.78 is 13.1. The minimum Gasteiger partial charge on any atom is -0.354 e. The van der Waals surface area contributed by atoms with Crippen molar-refractivity contribution in [2.45, 2.75) is 26.3 Å². The first kappa shape index (κ1) is 18.9. The van der Waals surface area contributed by atoms with Crippen LogP contribution in [0.15, 0.2) is 41.4 Å². The molecule has 0 radical (unpaired) electrons. The molecule has 1 heterocycles. The topological polar surface area (TPSA) is 65.5 Å². The lowest BCUT2D eigenvalue weighted by Crippen LogP contribution is -2.45. The average molecular weight is 362 g/mol. The van der Waals surface area contributed by atoms with Crippen LogP contribution in [0.4, 0.5) is 10.1 Å². The van der Waals surface area contributed by atoms with E-state index in [1.165, 1.54) is 21.9 Å². The van der Waals surface area contributed by atoms with E-state index < -0.39 is 0 Å². The second-order valence-electron chi connectivity index (χ2n) is 5.75. The second kappa shape index (κ2) is 9.17. The van der Waals surface area contributed by atoms with Crippen LogP contribution in [0, 0.1) is 12.7 Å². The normalized spacial score (nSPS) is 12.6. The minimum absolute atomic E-state index is 0.0427. The van der Waals surface area contributed by atoms with E-state index in [0.717, 1.165) is 6.42 Å². The molecule has 1 unspecified atom stereocenters. The quantitative estimate of drug-likeness (QED) is 0.547. The number of thiophene rings is 1. The van der Waals surface area contributed by atoms with Crippen molar-refractivity contribution in [2.24, 2.45) is 4.99 Å². The van der Waals surface area contributed by atoms with Gasteiger partial charge in [-0.2, -0.15) is 0 Å². The predicted molar refractivity (Wildman–Crippen MR) is 102 cm³/mol. The van der Waals surface area contributed by atoms with E-state index in [0.29, 0.717) is 11.6 Å². The Labute approximate surface area is 151 Å². The fraction of sp³-hybridized carbons (Fsp3) is 0.333. The van der Waals surface area contributed by atoms with Crippen LogP contribution in [0.25, 0.3) is 0 Å². The average Bonchev–Trinajstić information content (AvgIpc) is 2.96. The molecule has 0 spiro atoms. The Morgan fingerprint density at radius 2 is 2.12 bits per heavy atom. The van der Waals surface area contributed by atoms with E-state index in [4.69, 9.17) is 0 Å². The first-order valence-corrected chi connectivity index (χ1v) is 8.86. The first-order chi connectivity index (χ1) is 12.0. The Balaban J connectivity index is 1.78. The van der Waals surface area contributed by atoms with Gasteiger partial charge in [-0.3, -0.25) is 9.79 Å². The number of carbonyl (C=O) groups excluding carboxylic acids is 1. The Kier molecular flexibility index (Phi) is 6.94. The van der Waals surface area contributed by atoms with Crippen molar-refractivity contribution in [3.63, 3.8) is 0 Å². The van der Waals surface area contributed by atoms with Crippen LogP contribution in [-0.4, -0.2) is 31.5 Å². The molecule has 0 aliphatic rings. The van der Waals surface area contributed by atoms with Crippen LogP contribution in [0.3, 0.4) is 0 Å². The van der Waals surface area contributed by atoms with E-state index >= 15 is 0 Å². The zero-order chi connectivity index (χ0) is 18.2. The molecule has 1 atom stereocenters. The maximum atomic E-state index is 13.1. The van der Waals surface area contributed by atoms with Gasteiger partial charge in [-0.15, -0.1) is 11.3 Å². The number of aliphatic imine (C=N–C) groups is 1. The van der Waals surface area contributed by atoms with E-state index in [-0.39, 0.29) is 24.3 Å². The summed E-state index contributed by atoms with van der Waals surface area (Å²) in [6.45, 7) is 4.19. The molecule has 25 heavy (non-hydrogen) atoms. The van der Waals surface area contributed by atoms with E-state index in [1.807, 2.05) is 0 Å². The highest BCUT2D eigenvalue weighted by molar-refractivity contribution is 7.11. The highest BCUT2D eigenvalue weighted by Gasteiger charge is 2.09. The lowest BCUT2D eigenvalue weighted by atomic mass is 10.2. The molecule has 5 nitrogen and oxygen atoms in total. The third-order valence-corrected chi connectivity index (χ3v) is 4.46. The minimum atomic E-state index is -0.388. The Bertz CT molecular complexity index is 744. The molecule has 0 aliphatic heterocycles. The van der Waals surface area contributed by atoms with Gasteiger partial charge in [-0.25, -0.2) is 4.39 Å². The number of amides is 1. The Morgan fingerprint density at radius 1 is 1.32 bits per heavy atom. The highest BCUT2D eigenvalue weighted by Crippen LogP contribution is 2.16. The number of carbonyl (C=O) groups is 1. The summed E-state index contributed by atoms with van der Waals surface area (Å²) in [7, 11) is 1.65. The smallest absolute Gasteiger partial charge is 0.243 e. The van der Waals surface area contributed by atoms with Gasteiger partial charge in [0.2, 0.25) is 5.91 Å². The van der Waals surface area contributed by atoms with Crippen LogP contribution in [0.1, 0.15) is 16.7 Å². The van der Waals surface area contributed by atoms with Gasteiger partial charge < -0.3 is 16.0 Å². The number of halogens is 1. The fourth-order valence-corrected chi connectivity index (χ4v) is 3.33. The number of aryl methyl sites for hydroxylation is 1. The number of hydrogen-bond donors (Lipinski definition) is 3. The van der Waals surface area contributed by atoms with Crippen molar-refractivity contribution in [1.82, 2.24) is 10.6 Å². The number of guanidine groups is 1. The molecule has 0 aliphatic carbocycles. The largest absolute Gasteiger partial charge is 0.354 e. The van der Waals surface area contributed by atoms with E-state index in [9.17, 15) is 9.18 Å². The van der Waals surface area contributed by atoms with Crippen molar-refractivity contribution >= 4 is 28.9 Å². The lowest BCUT2D eigenvalue weighted by Gasteiger charge is -2.17. The molecular weight excluding hydrogens is 339 g/mol. The predicted octanol–water partition coefficient (Wildman–Crippen LogP) is 2.93. The summed E-state index contributed by atoms with van der Waals surface area (Å²) in [6.07, 6.45) is 0.884. The molecule has 0 fully saturated rings. The molecule has 2 rings (SSSR count). The Morgan fingerprint density at radius 3 is 2.76 bits per heavy atom. The van der Waals surface area contributed by atoms with E-state index in [2.05, 4.69) is 46.9 Å². The monoisotopic (exact) mass is 362 g/mol. The molecule has 1 aromatic heterocycles. The molecule has 1 aromatic carbocycles. The van der Waals surface area contributed by atoms with Crippen molar-refractivity contribution in [1.29, 1.82) is 0 Å². The number of benzene rings is 1. The summed E-state index contributed by atoms with van der Waals surface area (Å²) in [5, 5.41) is 8.86. The number of nitrogens with zero attached hydrogens (tertiary/aromatic N) is 1. The number of nitrogens with one attached hydrogen (secondary N) is 3. The highest BCUT2D eigenvalue weighted by atomic mass is 32.1. The molecule has 2 aromatic rings. The molecular formula is C18H23FN4OS.